The number of nitrogens with zero attached hydrogens (tertiary/aromatic N) is 3. The van der Waals surface area contributed by atoms with Crippen LogP contribution >= 0.6 is 0 Å². The van der Waals surface area contributed by atoms with Crippen LogP contribution in [0.1, 0.15) is 18.1 Å². The van der Waals surface area contributed by atoms with Crippen molar-refractivity contribution in [1.29, 1.82) is 0 Å². The Bertz CT molecular complexity index is 959. The number of benzene rings is 2. The van der Waals surface area contributed by atoms with Gasteiger partial charge in [-0.05, 0) is 43.3 Å². The van der Waals surface area contributed by atoms with E-state index in [0.717, 1.165) is 25.2 Å². The van der Waals surface area contributed by atoms with Crippen LogP contribution in [0.5, 0.6) is 0 Å². The number of amides is 2. The van der Waals surface area contributed by atoms with E-state index in [0.29, 0.717) is 35.6 Å². The predicted octanol–water partition coefficient (Wildman–Crippen LogP) is 3.06. The second-order valence-corrected chi connectivity index (χ2v) is 7.43. The van der Waals surface area contributed by atoms with E-state index in [-0.39, 0.29) is 17.6 Å². The standard InChI is InChI=1S/C23H24FN3O2/c1-3-25-12-14-26(15-13-25)21-20(17-6-8-18(24)9-7-17)22(28)27(23(21)29)19-10-4-16(2)5-11-19/h4-11H,3,12-15H2,1-2H3. The number of likely N-dealkylation sites (N-methyl/N-ethyl adjacent to an activating group) is 1. The molecule has 0 radical (unpaired) electrons. The summed E-state index contributed by atoms with van der Waals surface area (Å²) in [6, 6.07) is 13.1. The van der Waals surface area contributed by atoms with E-state index in [1.54, 1.807) is 24.3 Å². The second kappa shape index (κ2) is 7.79. The highest BCUT2D eigenvalue weighted by atomic mass is 19.1. The molecule has 2 amide bonds. The van der Waals surface area contributed by atoms with Crippen LogP contribution in [0.25, 0.3) is 5.57 Å². The van der Waals surface area contributed by atoms with E-state index < -0.39 is 0 Å². The Morgan fingerprint density at radius 2 is 1.48 bits per heavy atom. The van der Waals surface area contributed by atoms with Crippen molar-refractivity contribution in [3.05, 3.63) is 71.2 Å². The largest absolute Gasteiger partial charge is 0.364 e. The Labute approximate surface area is 170 Å². The lowest BCUT2D eigenvalue weighted by atomic mass is 10.0. The summed E-state index contributed by atoms with van der Waals surface area (Å²) in [5.41, 5.74) is 2.92. The smallest absolute Gasteiger partial charge is 0.282 e. The molecule has 0 unspecified atom stereocenters. The lowest BCUT2D eigenvalue weighted by molar-refractivity contribution is -0.120. The van der Waals surface area contributed by atoms with Gasteiger partial charge < -0.3 is 9.80 Å². The third-order valence-corrected chi connectivity index (χ3v) is 5.62. The van der Waals surface area contributed by atoms with Crippen LogP contribution in [0.3, 0.4) is 0 Å². The highest BCUT2D eigenvalue weighted by molar-refractivity contribution is 6.45. The summed E-state index contributed by atoms with van der Waals surface area (Å²) >= 11 is 0. The molecule has 0 N–H and O–H groups in total. The number of carbonyl (C=O) groups excluding carboxylic acids is 2. The van der Waals surface area contributed by atoms with Crippen LogP contribution in [0.2, 0.25) is 0 Å². The maximum Gasteiger partial charge on any atom is 0.282 e. The van der Waals surface area contributed by atoms with Gasteiger partial charge in [0.15, 0.2) is 0 Å². The maximum absolute atomic E-state index is 13.5. The van der Waals surface area contributed by atoms with E-state index in [1.807, 2.05) is 24.0 Å². The first kappa shape index (κ1) is 19.3. The van der Waals surface area contributed by atoms with Crippen LogP contribution in [-0.4, -0.2) is 54.3 Å². The van der Waals surface area contributed by atoms with Gasteiger partial charge in [-0.15, -0.1) is 0 Å². The molecule has 0 bridgehead atoms. The maximum atomic E-state index is 13.5. The van der Waals surface area contributed by atoms with E-state index in [9.17, 15) is 14.0 Å². The fourth-order valence-corrected chi connectivity index (χ4v) is 3.90. The molecular formula is C23H24FN3O2. The number of piperazine rings is 1. The van der Waals surface area contributed by atoms with Crippen molar-refractivity contribution >= 4 is 23.1 Å². The molecule has 0 aromatic heterocycles. The van der Waals surface area contributed by atoms with Crippen molar-refractivity contribution in [2.24, 2.45) is 0 Å². The average Bonchev–Trinajstić information content (AvgIpc) is 3.00. The van der Waals surface area contributed by atoms with E-state index in [2.05, 4.69) is 11.8 Å². The van der Waals surface area contributed by atoms with E-state index >= 15 is 0 Å². The summed E-state index contributed by atoms with van der Waals surface area (Å²) in [5.74, 6) is -1.05. The minimum absolute atomic E-state index is 0.317. The summed E-state index contributed by atoms with van der Waals surface area (Å²) < 4.78 is 13.5. The van der Waals surface area contributed by atoms with Crippen LogP contribution in [0.4, 0.5) is 10.1 Å². The number of halogens is 1. The van der Waals surface area contributed by atoms with Gasteiger partial charge in [-0.2, -0.15) is 0 Å². The molecule has 29 heavy (non-hydrogen) atoms. The van der Waals surface area contributed by atoms with Gasteiger partial charge in [-0.25, -0.2) is 9.29 Å². The first-order chi connectivity index (χ1) is 14.0. The molecular weight excluding hydrogens is 369 g/mol. The van der Waals surface area contributed by atoms with Crippen LogP contribution in [-0.2, 0) is 9.59 Å². The topological polar surface area (TPSA) is 43.9 Å². The number of carbonyl (C=O) groups is 2. The van der Waals surface area contributed by atoms with Crippen molar-refractivity contribution in [2.75, 3.05) is 37.6 Å². The first-order valence-electron chi connectivity index (χ1n) is 9.92. The Morgan fingerprint density at radius 1 is 0.862 bits per heavy atom. The molecule has 150 valence electrons. The van der Waals surface area contributed by atoms with E-state index in [1.165, 1.54) is 17.0 Å². The van der Waals surface area contributed by atoms with Gasteiger partial charge >= 0.3 is 0 Å². The second-order valence-electron chi connectivity index (χ2n) is 7.43. The number of rotatable bonds is 4. The molecule has 2 aliphatic rings. The highest BCUT2D eigenvalue weighted by Gasteiger charge is 2.42. The molecule has 2 aliphatic heterocycles. The van der Waals surface area contributed by atoms with Crippen molar-refractivity contribution in [3.63, 3.8) is 0 Å². The monoisotopic (exact) mass is 393 g/mol. The summed E-state index contributed by atoms with van der Waals surface area (Å²) in [7, 11) is 0. The minimum atomic E-state index is -0.375. The van der Waals surface area contributed by atoms with E-state index in [4.69, 9.17) is 0 Å². The molecule has 4 rings (SSSR count). The zero-order valence-corrected chi connectivity index (χ0v) is 16.7. The fourth-order valence-electron chi connectivity index (χ4n) is 3.90. The SMILES string of the molecule is CCN1CCN(C2=C(c3ccc(F)cc3)C(=O)N(c3ccc(C)cc3)C2=O)CC1. The third kappa shape index (κ3) is 3.56. The highest BCUT2D eigenvalue weighted by Crippen LogP contribution is 2.35. The van der Waals surface area contributed by atoms with Gasteiger partial charge in [0.1, 0.15) is 11.5 Å². The number of imide groups is 1. The molecule has 2 aromatic carbocycles. The lowest BCUT2D eigenvalue weighted by Gasteiger charge is -2.36. The van der Waals surface area contributed by atoms with Crippen molar-refractivity contribution in [1.82, 2.24) is 9.80 Å². The summed E-state index contributed by atoms with van der Waals surface area (Å²) in [6.07, 6.45) is 0. The summed E-state index contributed by atoms with van der Waals surface area (Å²) in [6.45, 7) is 8.05. The number of hydrogen-bond donors (Lipinski definition) is 0. The van der Waals surface area contributed by atoms with Gasteiger partial charge in [0.25, 0.3) is 11.8 Å². The Balaban J connectivity index is 1.76. The molecule has 0 atom stereocenters. The number of hydrogen-bond acceptors (Lipinski definition) is 4. The van der Waals surface area contributed by atoms with Gasteiger partial charge in [0, 0.05) is 26.2 Å². The van der Waals surface area contributed by atoms with Gasteiger partial charge in [0.2, 0.25) is 0 Å². The molecule has 0 spiro atoms. The van der Waals surface area contributed by atoms with Crippen molar-refractivity contribution in [2.45, 2.75) is 13.8 Å². The Morgan fingerprint density at radius 3 is 2.07 bits per heavy atom. The van der Waals surface area contributed by atoms with Crippen LogP contribution in [0, 0.1) is 12.7 Å². The zero-order chi connectivity index (χ0) is 20.5. The third-order valence-electron chi connectivity index (χ3n) is 5.62. The van der Waals surface area contributed by atoms with Gasteiger partial charge in [0.05, 0.1) is 11.3 Å². The molecule has 0 saturated carbocycles. The van der Waals surface area contributed by atoms with Gasteiger partial charge in [-0.1, -0.05) is 36.8 Å². The van der Waals surface area contributed by atoms with Crippen molar-refractivity contribution in [3.8, 4) is 0 Å². The van der Waals surface area contributed by atoms with Crippen LogP contribution < -0.4 is 4.90 Å². The molecule has 0 aliphatic carbocycles. The molecule has 2 heterocycles. The normalized spacial score (nSPS) is 18.2. The lowest BCUT2D eigenvalue weighted by Crippen LogP contribution is -2.47. The molecule has 6 heteroatoms. The minimum Gasteiger partial charge on any atom is -0.364 e. The summed E-state index contributed by atoms with van der Waals surface area (Å²) in [5, 5.41) is 0. The number of aryl methyl sites for hydroxylation is 1. The zero-order valence-electron chi connectivity index (χ0n) is 16.7. The molecule has 1 fully saturated rings. The Hall–Kier alpha value is -2.99. The Kier molecular flexibility index (Phi) is 5.20. The quantitative estimate of drug-likeness (QED) is 0.749. The van der Waals surface area contributed by atoms with Crippen LogP contribution in [0.15, 0.2) is 54.2 Å². The summed E-state index contributed by atoms with van der Waals surface area (Å²) in [4.78, 5) is 32.3. The number of anilines is 1. The average molecular weight is 393 g/mol. The molecule has 5 nitrogen and oxygen atoms in total. The first-order valence-corrected chi connectivity index (χ1v) is 9.92. The van der Waals surface area contributed by atoms with Gasteiger partial charge in [-0.3, -0.25) is 9.59 Å². The fraction of sp³-hybridized carbons (Fsp3) is 0.304. The molecule has 2 aromatic rings. The predicted molar refractivity (Wildman–Crippen MR) is 111 cm³/mol. The molecule has 1 saturated heterocycles. The van der Waals surface area contributed by atoms with Crippen molar-refractivity contribution < 1.29 is 14.0 Å².